The van der Waals surface area contributed by atoms with Gasteiger partial charge in [-0.05, 0) is 37.1 Å². The van der Waals surface area contributed by atoms with E-state index in [1.54, 1.807) is 0 Å². The quantitative estimate of drug-likeness (QED) is 0.692. The van der Waals surface area contributed by atoms with Gasteiger partial charge in [-0.25, -0.2) is 0 Å². The third-order valence-corrected chi connectivity index (χ3v) is 4.21. The summed E-state index contributed by atoms with van der Waals surface area (Å²) in [5.41, 5.74) is 5.82. The molecule has 0 saturated carbocycles. The maximum Gasteiger partial charge on any atom is 0.0710 e. The van der Waals surface area contributed by atoms with Crippen molar-refractivity contribution in [3.8, 4) is 0 Å². The highest BCUT2D eigenvalue weighted by Gasteiger charge is 2.09. The summed E-state index contributed by atoms with van der Waals surface area (Å²) in [6.45, 7) is 4.94. The zero-order chi connectivity index (χ0) is 14.1. The first-order valence-electron chi connectivity index (χ1n) is 6.72. The number of fused-ring (bicyclic) bond motifs is 1. The predicted octanol–water partition coefficient (Wildman–Crippen LogP) is 5.05. The Balaban J connectivity index is 1.87. The lowest BCUT2D eigenvalue weighted by molar-refractivity contribution is 1.08. The van der Waals surface area contributed by atoms with Crippen LogP contribution in [0.3, 0.4) is 0 Å². The smallest absolute Gasteiger partial charge is 0.0710 e. The largest absolute Gasteiger partial charge is 0.379 e. The summed E-state index contributed by atoms with van der Waals surface area (Å²) >= 11 is 6.42. The van der Waals surface area contributed by atoms with E-state index in [0.29, 0.717) is 6.54 Å². The van der Waals surface area contributed by atoms with Gasteiger partial charge in [-0.2, -0.15) is 0 Å². The zero-order valence-corrected chi connectivity index (χ0v) is 12.4. The van der Waals surface area contributed by atoms with Gasteiger partial charge in [0.1, 0.15) is 0 Å². The van der Waals surface area contributed by atoms with Crippen LogP contribution in [0, 0.1) is 13.8 Å². The van der Waals surface area contributed by atoms with E-state index in [1.807, 2.05) is 24.3 Å². The Labute approximate surface area is 123 Å². The molecule has 3 heteroatoms. The molecule has 0 atom stereocenters. The van der Waals surface area contributed by atoms with Crippen LogP contribution in [-0.2, 0) is 6.54 Å². The number of hydrogen-bond donors (Lipinski definition) is 2. The van der Waals surface area contributed by atoms with Crippen molar-refractivity contribution in [1.29, 1.82) is 0 Å². The zero-order valence-electron chi connectivity index (χ0n) is 11.6. The molecule has 3 aromatic rings. The molecule has 0 aliphatic carbocycles. The number of aromatic amines is 1. The second-order valence-electron chi connectivity index (χ2n) is 5.06. The Hall–Kier alpha value is -1.93. The Morgan fingerprint density at radius 2 is 1.85 bits per heavy atom. The van der Waals surface area contributed by atoms with Crippen LogP contribution in [0.15, 0.2) is 42.5 Å². The molecule has 0 aliphatic rings. The molecular formula is C17H17ClN2. The molecule has 0 fully saturated rings. The van der Waals surface area contributed by atoms with Gasteiger partial charge >= 0.3 is 0 Å². The van der Waals surface area contributed by atoms with Crippen LogP contribution in [0.1, 0.15) is 16.8 Å². The molecule has 1 aromatic heterocycles. The maximum absolute atomic E-state index is 6.42. The van der Waals surface area contributed by atoms with E-state index in [0.717, 1.165) is 27.3 Å². The summed E-state index contributed by atoms with van der Waals surface area (Å²) < 4.78 is 0. The fraction of sp³-hybridized carbons (Fsp3) is 0.176. The van der Waals surface area contributed by atoms with Gasteiger partial charge in [0.25, 0.3) is 0 Å². The van der Waals surface area contributed by atoms with Crippen LogP contribution in [0.5, 0.6) is 0 Å². The molecule has 2 nitrogen and oxygen atoms in total. The van der Waals surface area contributed by atoms with Crippen LogP contribution in [0.2, 0.25) is 5.02 Å². The molecule has 0 spiro atoms. The first kappa shape index (κ1) is 13.1. The fourth-order valence-electron chi connectivity index (χ4n) is 2.41. The van der Waals surface area contributed by atoms with E-state index in [4.69, 9.17) is 11.6 Å². The predicted molar refractivity (Wildman–Crippen MR) is 86.6 cm³/mol. The molecular weight excluding hydrogens is 268 g/mol. The second kappa shape index (κ2) is 5.22. The summed E-state index contributed by atoms with van der Waals surface area (Å²) in [6.07, 6.45) is 0. The number of benzene rings is 2. The van der Waals surface area contributed by atoms with Crippen molar-refractivity contribution in [3.63, 3.8) is 0 Å². The Morgan fingerprint density at radius 1 is 1.05 bits per heavy atom. The molecule has 3 rings (SSSR count). The minimum Gasteiger partial charge on any atom is -0.379 e. The van der Waals surface area contributed by atoms with Gasteiger partial charge in [0, 0.05) is 16.6 Å². The number of hydrogen-bond acceptors (Lipinski definition) is 1. The number of aryl methyl sites for hydroxylation is 1. The standard InChI is InChI=1S/C17H17ClN2/c1-11-6-5-9-14(12(11)2)19-10-16-17(18)13-7-3-4-8-15(13)20-16/h3-9,19-20H,10H2,1-2H3. The number of nitrogens with one attached hydrogen (secondary N) is 2. The number of rotatable bonds is 3. The Bertz CT molecular complexity index is 759. The van der Waals surface area contributed by atoms with E-state index >= 15 is 0 Å². The Kier molecular flexibility index (Phi) is 3.41. The van der Waals surface area contributed by atoms with Gasteiger partial charge < -0.3 is 10.3 Å². The first-order chi connectivity index (χ1) is 9.66. The molecule has 0 amide bonds. The SMILES string of the molecule is Cc1cccc(NCc2[nH]c3ccccc3c2Cl)c1C. The van der Waals surface area contributed by atoms with Crippen molar-refractivity contribution in [2.75, 3.05) is 5.32 Å². The number of para-hydroxylation sites is 1. The van der Waals surface area contributed by atoms with Gasteiger partial charge in [-0.1, -0.05) is 41.9 Å². The van der Waals surface area contributed by atoms with Crippen molar-refractivity contribution in [3.05, 3.63) is 64.3 Å². The lowest BCUT2D eigenvalue weighted by atomic mass is 10.1. The Morgan fingerprint density at radius 3 is 2.65 bits per heavy atom. The molecule has 1 heterocycles. The monoisotopic (exact) mass is 284 g/mol. The van der Waals surface area contributed by atoms with E-state index in [2.05, 4.69) is 42.3 Å². The minimum atomic E-state index is 0.692. The minimum absolute atomic E-state index is 0.692. The number of H-pyrrole nitrogens is 1. The van der Waals surface area contributed by atoms with Crippen molar-refractivity contribution < 1.29 is 0 Å². The number of aromatic nitrogens is 1. The average Bonchev–Trinajstić information content (AvgIpc) is 2.78. The average molecular weight is 285 g/mol. The van der Waals surface area contributed by atoms with Crippen molar-refractivity contribution in [2.45, 2.75) is 20.4 Å². The van der Waals surface area contributed by atoms with Crippen molar-refractivity contribution in [1.82, 2.24) is 4.98 Å². The van der Waals surface area contributed by atoms with Crippen LogP contribution >= 0.6 is 11.6 Å². The molecule has 0 aliphatic heterocycles. The fourth-order valence-corrected chi connectivity index (χ4v) is 2.69. The topological polar surface area (TPSA) is 27.8 Å². The van der Waals surface area contributed by atoms with Gasteiger partial charge in [0.15, 0.2) is 0 Å². The highest BCUT2D eigenvalue weighted by Crippen LogP contribution is 2.28. The molecule has 0 bridgehead atoms. The van der Waals surface area contributed by atoms with E-state index in [1.165, 1.54) is 11.1 Å². The third-order valence-electron chi connectivity index (χ3n) is 3.77. The molecule has 0 unspecified atom stereocenters. The van der Waals surface area contributed by atoms with E-state index in [9.17, 15) is 0 Å². The summed E-state index contributed by atoms with van der Waals surface area (Å²) in [7, 11) is 0. The van der Waals surface area contributed by atoms with Gasteiger partial charge in [0.2, 0.25) is 0 Å². The first-order valence-corrected chi connectivity index (χ1v) is 7.10. The molecule has 0 saturated heterocycles. The van der Waals surface area contributed by atoms with Crippen molar-refractivity contribution in [2.24, 2.45) is 0 Å². The maximum atomic E-state index is 6.42. The van der Waals surface area contributed by atoms with Gasteiger partial charge in [0.05, 0.1) is 17.3 Å². The highest BCUT2D eigenvalue weighted by molar-refractivity contribution is 6.36. The van der Waals surface area contributed by atoms with Gasteiger partial charge in [-0.15, -0.1) is 0 Å². The molecule has 2 N–H and O–H groups in total. The number of halogens is 1. The highest BCUT2D eigenvalue weighted by atomic mass is 35.5. The van der Waals surface area contributed by atoms with Crippen molar-refractivity contribution >= 4 is 28.2 Å². The lowest BCUT2D eigenvalue weighted by Gasteiger charge is -2.10. The van der Waals surface area contributed by atoms with Crippen LogP contribution in [0.4, 0.5) is 5.69 Å². The summed E-state index contributed by atoms with van der Waals surface area (Å²) in [4.78, 5) is 3.37. The van der Waals surface area contributed by atoms with Crippen LogP contribution in [-0.4, -0.2) is 4.98 Å². The molecule has 20 heavy (non-hydrogen) atoms. The van der Waals surface area contributed by atoms with Gasteiger partial charge in [-0.3, -0.25) is 0 Å². The molecule has 102 valence electrons. The summed E-state index contributed by atoms with van der Waals surface area (Å²) in [6, 6.07) is 14.4. The van der Waals surface area contributed by atoms with E-state index in [-0.39, 0.29) is 0 Å². The summed E-state index contributed by atoms with van der Waals surface area (Å²) in [5.74, 6) is 0. The van der Waals surface area contributed by atoms with Crippen LogP contribution < -0.4 is 5.32 Å². The van der Waals surface area contributed by atoms with E-state index < -0.39 is 0 Å². The number of anilines is 1. The normalized spacial score (nSPS) is 10.9. The van der Waals surface area contributed by atoms with Crippen LogP contribution in [0.25, 0.3) is 10.9 Å². The second-order valence-corrected chi connectivity index (χ2v) is 5.44. The molecule has 2 aromatic carbocycles. The molecule has 0 radical (unpaired) electrons. The third kappa shape index (κ3) is 2.27. The lowest BCUT2D eigenvalue weighted by Crippen LogP contribution is -2.02. The summed E-state index contributed by atoms with van der Waals surface area (Å²) in [5, 5.41) is 5.34.